The van der Waals surface area contributed by atoms with Crippen molar-refractivity contribution in [2.45, 2.75) is 31.0 Å². The van der Waals surface area contributed by atoms with E-state index in [1.807, 2.05) is 24.3 Å². The van der Waals surface area contributed by atoms with Crippen LogP contribution in [0.1, 0.15) is 19.3 Å². The van der Waals surface area contributed by atoms with Crippen molar-refractivity contribution in [3.63, 3.8) is 0 Å². The Morgan fingerprint density at radius 2 is 2.22 bits per heavy atom. The Bertz CT molecular complexity index is 543. The highest BCUT2D eigenvalue weighted by atomic mass is 79.9. The Morgan fingerprint density at radius 1 is 1.43 bits per heavy atom. The third-order valence-corrected chi connectivity index (χ3v) is 5.30. The molecule has 1 N–H and O–H groups in total. The summed E-state index contributed by atoms with van der Waals surface area (Å²) in [5.41, 5.74) is 0.682. The Kier molecular flexibility index (Phi) is 5.36. The van der Waals surface area contributed by atoms with Gasteiger partial charge in [-0.1, -0.05) is 15.9 Å². The number of carbonyl (C=O) groups is 1. The predicted octanol–water partition coefficient (Wildman–Crippen LogP) is 2.66. The molecule has 0 aromatic heterocycles. The van der Waals surface area contributed by atoms with Crippen LogP contribution in [0.15, 0.2) is 28.7 Å². The van der Waals surface area contributed by atoms with Crippen LogP contribution in [0.5, 0.6) is 0 Å². The number of ether oxygens (including phenoxy) is 2. The lowest BCUT2D eigenvalue weighted by Crippen LogP contribution is -2.57. The molecule has 2 unspecified atom stereocenters. The van der Waals surface area contributed by atoms with Crippen LogP contribution >= 0.6 is 15.9 Å². The lowest BCUT2D eigenvalue weighted by atomic mass is 9.86. The average Bonchev–Trinajstić information content (AvgIpc) is 3.01. The van der Waals surface area contributed by atoms with E-state index in [2.05, 4.69) is 26.1 Å². The van der Waals surface area contributed by atoms with Gasteiger partial charge >= 0.3 is 0 Å². The number of benzene rings is 1. The number of anilines is 1. The molecule has 2 aliphatic heterocycles. The van der Waals surface area contributed by atoms with Gasteiger partial charge in [-0.2, -0.15) is 0 Å². The standard InChI is InChI=1S/C17H23BrN2O3/c1-22-15-11-20(9-8-17(15)7-2-10-23-17)12-16(21)19-14-5-3-13(18)4-6-14/h3-6,15H,2,7-12H2,1H3,(H,19,21). The zero-order valence-corrected chi connectivity index (χ0v) is 15.0. The third kappa shape index (κ3) is 3.94. The topological polar surface area (TPSA) is 50.8 Å². The van der Waals surface area contributed by atoms with E-state index in [-0.39, 0.29) is 17.6 Å². The summed E-state index contributed by atoms with van der Waals surface area (Å²) in [5, 5.41) is 2.94. The van der Waals surface area contributed by atoms with Crippen LogP contribution in [0.2, 0.25) is 0 Å². The number of likely N-dealkylation sites (tertiary alicyclic amines) is 1. The van der Waals surface area contributed by atoms with E-state index < -0.39 is 0 Å². The molecule has 0 bridgehead atoms. The van der Waals surface area contributed by atoms with E-state index in [0.717, 1.165) is 49.1 Å². The maximum absolute atomic E-state index is 12.2. The van der Waals surface area contributed by atoms with Crippen LogP contribution in [-0.4, -0.2) is 55.9 Å². The van der Waals surface area contributed by atoms with E-state index in [9.17, 15) is 4.79 Å². The minimum Gasteiger partial charge on any atom is -0.377 e. The third-order valence-electron chi connectivity index (χ3n) is 4.78. The number of carbonyl (C=O) groups excluding carboxylic acids is 1. The van der Waals surface area contributed by atoms with Crippen LogP contribution in [0.25, 0.3) is 0 Å². The summed E-state index contributed by atoms with van der Waals surface area (Å²) >= 11 is 3.39. The van der Waals surface area contributed by atoms with E-state index in [0.29, 0.717) is 6.54 Å². The van der Waals surface area contributed by atoms with Crippen LogP contribution in [0.4, 0.5) is 5.69 Å². The van der Waals surface area contributed by atoms with Crippen LogP contribution in [-0.2, 0) is 14.3 Å². The largest absolute Gasteiger partial charge is 0.377 e. The Hall–Kier alpha value is -0.950. The van der Waals surface area contributed by atoms with E-state index >= 15 is 0 Å². The molecule has 5 nitrogen and oxygen atoms in total. The first-order valence-corrected chi connectivity index (χ1v) is 8.85. The van der Waals surface area contributed by atoms with Crippen LogP contribution in [0.3, 0.4) is 0 Å². The number of nitrogens with zero attached hydrogens (tertiary/aromatic N) is 1. The van der Waals surface area contributed by atoms with Crippen molar-refractivity contribution in [1.29, 1.82) is 0 Å². The summed E-state index contributed by atoms with van der Waals surface area (Å²) < 4.78 is 12.7. The molecular weight excluding hydrogens is 360 g/mol. The van der Waals surface area contributed by atoms with Gasteiger partial charge in [-0.3, -0.25) is 9.69 Å². The fourth-order valence-corrected chi connectivity index (χ4v) is 3.80. The fraction of sp³-hybridized carbons (Fsp3) is 0.588. The normalized spacial score (nSPS) is 28.2. The quantitative estimate of drug-likeness (QED) is 0.869. The molecule has 1 amide bonds. The molecule has 2 aliphatic rings. The Morgan fingerprint density at radius 3 is 2.87 bits per heavy atom. The average molecular weight is 383 g/mol. The van der Waals surface area contributed by atoms with Crippen molar-refractivity contribution in [2.24, 2.45) is 0 Å². The summed E-state index contributed by atoms with van der Waals surface area (Å²) in [6, 6.07) is 7.60. The first-order chi connectivity index (χ1) is 11.1. The van der Waals surface area contributed by atoms with Gasteiger partial charge in [-0.15, -0.1) is 0 Å². The van der Waals surface area contributed by atoms with Gasteiger partial charge in [0.25, 0.3) is 0 Å². The SMILES string of the molecule is COC1CN(CC(=O)Nc2ccc(Br)cc2)CCC12CCCO2. The molecule has 1 aromatic rings. The first-order valence-electron chi connectivity index (χ1n) is 8.06. The number of nitrogens with one attached hydrogen (secondary N) is 1. The molecule has 1 spiro atoms. The van der Waals surface area contributed by atoms with Crippen LogP contribution < -0.4 is 5.32 Å². The molecule has 0 radical (unpaired) electrons. The molecule has 2 heterocycles. The van der Waals surface area contributed by atoms with Crippen molar-refractivity contribution in [2.75, 3.05) is 38.7 Å². The van der Waals surface area contributed by atoms with Crippen molar-refractivity contribution in [3.8, 4) is 0 Å². The monoisotopic (exact) mass is 382 g/mol. The van der Waals surface area contributed by atoms with Crippen molar-refractivity contribution < 1.29 is 14.3 Å². The van der Waals surface area contributed by atoms with Crippen molar-refractivity contribution >= 4 is 27.5 Å². The zero-order chi connectivity index (χ0) is 16.3. The highest BCUT2D eigenvalue weighted by molar-refractivity contribution is 9.10. The van der Waals surface area contributed by atoms with Gasteiger partial charge in [0.15, 0.2) is 0 Å². The molecule has 2 fully saturated rings. The lowest BCUT2D eigenvalue weighted by molar-refractivity contribution is -0.145. The minimum absolute atomic E-state index is 0.00506. The van der Waals surface area contributed by atoms with E-state index in [4.69, 9.17) is 9.47 Å². The molecule has 1 aromatic carbocycles. The number of methoxy groups -OCH3 is 1. The van der Waals surface area contributed by atoms with Crippen molar-refractivity contribution in [1.82, 2.24) is 4.90 Å². The Labute approximate surface area is 145 Å². The van der Waals surface area contributed by atoms with E-state index in [1.165, 1.54) is 0 Å². The molecule has 23 heavy (non-hydrogen) atoms. The number of piperidine rings is 1. The highest BCUT2D eigenvalue weighted by Crippen LogP contribution is 2.37. The molecule has 126 valence electrons. The van der Waals surface area contributed by atoms with Gasteiger partial charge in [-0.25, -0.2) is 0 Å². The molecular formula is C17H23BrN2O3. The van der Waals surface area contributed by atoms with Gasteiger partial charge in [0, 0.05) is 37.0 Å². The number of amides is 1. The van der Waals surface area contributed by atoms with Crippen molar-refractivity contribution in [3.05, 3.63) is 28.7 Å². The molecule has 3 rings (SSSR count). The molecule has 2 saturated heterocycles. The number of hydrogen-bond donors (Lipinski definition) is 1. The predicted molar refractivity (Wildman–Crippen MR) is 92.5 cm³/mol. The molecule has 0 aliphatic carbocycles. The first kappa shape index (κ1) is 16.9. The zero-order valence-electron chi connectivity index (χ0n) is 13.4. The second-order valence-corrected chi connectivity index (χ2v) is 7.20. The smallest absolute Gasteiger partial charge is 0.238 e. The highest BCUT2D eigenvalue weighted by Gasteiger charge is 2.46. The summed E-state index contributed by atoms with van der Waals surface area (Å²) in [6.45, 7) is 2.81. The summed E-state index contributed by atoms with van der Waals surface area (Å²) in [6.07, 6.45) is 3.13. The minimum atomic E-state index is -0.132. The number of hydrogen-bond acceptors (Lipinski definition) is 4. The second kappa shape index (κ2) is 7.30. The summed E-state index contributed by atoms with van der Waals surface area (Å²) in [4.78, 5) is 14.4. The van der Waals surface area contributed by atoms with Gasteiger partial charge in [0.05, 0.1) is 18.2 Å². The van der Waals surface area contributed by atoms with Gasteiger partial charge in [-0.05, 0) is 43.5 Å². The summed E-state index contributed by atoms with van der Waals surface area (Å²) in [5.74, 6) is 0.00506. The lowest BCUT2D eigenvalue weighted by Gasteiger charge is -2.44. The molecule has 6 heteroatoms. The van der Waals surface area contributed by atoms with Gasteiger partial charge in [0.1, 0.15) is 0 Å². The molecule has 2 atom stereocenters. The number of halogens is 1. The second-order valence-electron chi connectivity index (χ2n) is 6.28. The van der Waals surface area contributed by atoms with Gasteiger partial charge in [0.2, 0.25) is 5.91 Å². The van der Waals surface area contributed by atoms with Crippen LogP contribution in [0, 0.1) is 0 Å². The maximum Gasteiger partial charge on any atom is 0.238 e. The van der Waals surface area contributed by atoms with E-state index in [1.54, 1.807) is 7.11 Å². The summed E-state index contributed by atoms with van der Waals surface area (Å²) in [7, 11) is 1.74. The fourth-order valence-electron chi connectivity index (χ4n) is 3.54. The molecule has 0 saturated carbocycles. The Balaban J connectivity index is 1.54. The van der Waals surface area contributed by atoms with Gasteiger partial charge < -0.3 is 14.8 Å². The maximum atomic E-state index is 12.2. The number of rotatable bonds is 4.